The van der Waals surface area contributed by atoms with Crippen LogP contribution in [0.2, 0.25) is 0 Å². The van der Waals surface area contributed by atoms with Crippen molar-refractivity contribution in [1.82, 2.24) is 5.32 Å². The first kappa shape index (κ1) is 22.4. The summed E-state index contributed by atoms with van der Waals surface area (Å²) >= 11 is 5.28. The van der Waals surface area contributed by atoms with E-state index in [4.69, 9.17) is 17.0 Å². The molecule has 1 aliphatic heterocycles. The molecule has 7 heteroatoms. The predicted molar refractivity (Wildman–Crippen MR) is 137 cm³/mol. The van der Waals surface area contributed by atoms with E-state index in [1.165, 1.54) is 23.1 Å². The molecular formula is C28H19FN2O3S. The number of benzene rings is 4. The number of para-hydroxylation sites is 1. The lowest BCUT2D eigenvalue weighted by Gasteiger charge is -2.29. The number of fused-ring (bicyclic) bond motifs is 1. The van der Waals surface area contributed by atoms with Crippen molar-refractivity contribution in [2.45, 2.75) is 6.61 Å². The Balaban J connectivity index is 1.58. The number of carbonyl (C=O) groups excluding carboxylic acids is 2. The highest BCUT2D eigenvalue weighted by atomic mass is 32.1. The Morgan fingerprint density at radius 1 is 0.886 bits per heavy atom. The van der Waals surface area contributed by atoms with Gasteiger partial charge >= 0.3 is 0 Å². The fourth-order valence-corrected chi connectivity index (χ4v) is 4.19. The van der Waals surface area contributed by atoms with E-state index in [0.29, 0.717) is 17.0 Å². The van der Waals surface area contributed by atoms with Crippen LogP contribution in [0.4, 0.5) is 10.1 Å². The lowest BCUT2D eigenvalue weighted by Crippen LogP contribution is -2.54. The van der Waals surface area contributed by atoms with Crippen LogP contribution in [0, 0.1) is 5.82 Å². The Morgan fingerprint density at radius 3 is 2.37 bits per heavy atom. The van der Waals surface area contributed by atoms with E-state index in [2.05, 4.69) is 5.32 Å². The predicted octanol–water partition coefficient (Wildman–Crippen LogP) is 5.39. The van der Waals surface area contributed by atoms with Gasteiger partial charge < -0.3 is 4.74 Å². The molecule has 0 bridgehead atoms. The van der Waals surface area contributed by atoms with Crippen molar-refractivity contribution in [3.8, 4) is 5.75 Å². The standard InChI is InChI=1S/C28H19FN2O3S/c29-20-13-10-18(11-14-20)17-34-25-15-12-19-6-4-5-9-22(19)23(25)16-24-26(32)30-28(35)31(27(24)33)21-7-2-1-3-8-21/h1-16H,17H2,(H,30,32,35). The van der Waals surface area contributed by atoms with Gasteiger partial charge in [-0.15, -0.1) is 0 Å². The molecule has 35 heavy (non-hydrogen) atoms. The molecule has 1 saturated heterocycles. The minimum Gasteiger partial charge on any atom is -0.488 e. The summed E-state index contributed by atoms with van der Waals surface area (Å²) in [4.78, 5) is 27.6. The van der Waals surface area contributed by atoms with Gasteiger partial charge in [0.15, 0.2) is 5.11 Å². The molecule has 0 aromatic heterocycles. The van der Waals surface area contributed by atoms with Gasteiger partial charge in [0.1, 0.15) is 23.7 Å². The van der Waals surface area contributed by atoms with Crippen molar-refractivity contribution in [1.29, 1.82) is 0 Å². The summed E-state index contributed by atoms with van der Waals surface area (Å²) in [5.74, 6) is -0.944. The number of hydrogen-bond donors (Lipinski definition) is 1. The van der Waals surface area contributed by atoms with Crippen LogP contribution >= 0.6 is 12.2 Å². The lowest BCUT2D eigenvalue weighted by molar-refractivity contribution is -0.122. The maximum Gasteiger partial charge on any atom is 0.270 e. The van der Waals surface area contributed by atoms with E-state index in [9.17, 15) is 14.0 Å². The van der Waals surface area contributed by atoms with E-state index in [0.717, 1.165) is 16.3 Å². The van der Waals surface area contributed by atoms with Gasteiger partial charge in [0.2, 0.25) is 0 Å². The molecule has 1 aliphatic rings. The van der Waals surface area contributed by atoms with Crippen molar-refractivity contribution < 1.29 is 18.7 Å². The molecule has 1 heterocycles. The van der Waals surface area contributed by atoms with Gasteiger partial charge in [-0.1, -0.05) is 60.7 Å². The van der Waals surface area contributed by atoms with E-state index in [1.54, 1.807) is 42.5 Å². The van der Waals surface area contributed by atoms with Crippen LogP contribution in [0.3, 0.4) is 0 Å². The third-order valence-electron chi connectivity index (χ3n) is 5.64. The quantitative estimate of drug-likeness (QED) is 0.235. The van der Waals surface area contributed by atoms with Gasteiger partial charge in [-0.25, -0.2) is 4.39 Å². The molecule has 1 N–H and O–H groups in total. The molecule has 4 aromatic rings. The van der Waals surface area contributed by atoms with E-state index in [1.807, 2.05) is 36.4 Å². The minimum atomic E-state index is -0.579. The fraction of sp³-hybridized carbons (Fsp3) is 0.0357. The highest BCUT2D eigenvalue weighted by molar-refractivity contribution is 7.80. The Morgan fingerprint density at radius 2 is 1.60 bits per heavy atom. The Kier molecular flexibility index (Phi) is 6.08. The van der Waals surface area contributed by atoms with Crippen LogP contribution in [0.15, 0.2) is 96.6 Å². The van der Waals surface area contributed by atoms with Crippen molar-refractivity contribution in [2.24, 2.45) is 0 Å². The molecule has 0 unspecified atom stereocenters. The monoisotopic (exact) mass is 482 g/mol. The van der Waals surface area contributed by atoms with Gasteiger partial charge in [-0.3, -0.25) is 19.8 Å². The molecule has 0 radical (unpaired) electrons. The zero-order chi connectivity index (χ0) is 24.4. The number of thiocarbonyl (C=S) groups is 1. The van der Waals surface area contributed by atoms with Crippen LogP contribution < -0.4 is 15.0 Å². The molecule has 2 amide bonds. The number of rotatable bonds is 5. The first-order chi connectivity index (χ1) is 17.0. The molecule has 0 aliphatic carbocycles. The van der Waals surface area contributed by atoms with Gasteiger partial charge in [0, 0.05) is 5.56 Å². The number of halogens is 1. The molecule has 4 aromatic carbocycles. The third kappa shape index (κ3) is 4.54. The second-order valence-corrected chi connectivity index (χ2v) is 8.29. The molecule has 172 valence electrons. The summed E-state index contributed by atoms with van der Waals surface area (Å²) in [5.41, 5.74) is 1.86. The second kappa shape index (κ2) is 9.48. The molecule has 5 nitrogen and oxygen atoms in total. The summed E-state index contributed by atoms with van der Waals surface area (Å²) in [5, 5.41) is 4.37. The summed E-state index contributed by atoms with van der Waals surface area (Å²) < 4.78 is 19.3. The molecule has 5 rings (SSSR count). The zero-order valence-corrected chi connectivity index (χ0v) is 19.2. The summed E-state index contributed by atoms with van der Waals surface area (Å²) in [7, 11) is 0. The summed E-state index contributed by atoms with van der Waals surface area (Å²) in [6, 6.07) is 26.3. The maximum absolute atomic E-state index is 13.4. The van der Waals surface area contributed by atoms with Crippen LogP contribution in [-0.4, -0.2) is 16.9 Å². The molecular weight excluding hydrogens is 463 g/mol. The summed E-state index contributed by atoms with van der Waals surface area (Å²) in [6.07, 6.45) is 1.54. The Hall–Kier alpha value is -4.36. The van der Waals surface area contributed by atoms with E-state index in [-0.39, 0.29) is 23.1 Å². The smallest absolute Gasteiger partial charge is 0.270 e. The van der Waals surface area contributed by atoms with Crippen LogP contribution in [0.25, 0.3) is 16.8 Å². The number of anilines is 1. The van der Waals surface area contributed by atoms with Crippen LogP contribution in [0.5, 0.6) is 5.75 Å². The number of amides is 2. The van der Waals surface area contributed by atoms with Gasteiger partial charge in [-0.2, -0.15) is 0 Å². The van der Waals surface area contributed by atoms with Crippen LogP contribution in [-0.2, 0) is 16.2 Å². The second-order valence-electron chi connectivity index (χ2n) is 7.91. The van der Waals surface area contributed by atoms with Crippen molar-refractivity contribution in [3.63, 3.8) is 0 Å². The SMILES string of the molecule is O=C1NC(=S)N(c2ccccc2)C(=O)C1=Cc1c(OCc2ccc(F)cc2)ccc2ccccc12. The molecule has 0 atom stereocenters. The highest BCUT2D eigenvalue weighted by Gasteiger charge is 2.34. The highest BCUT2D eigenvalue weighted by Crippen LogP contribution is 2.32. The molecule has 0 saturated carbocycles. The number of hydrogen-bond acceptors (Lipinski definition) is 4. The largest absolute Gasteiger partial charge is 0.488 e. The molecule has 1 fully saturated rings. The van der Waals surface area contributed by atoms with Crippen molar-refractivity contribution in [2.75, 3.05) is 4.90 Å². The number of ether oxygens (including phenoxy) is 1. The van der Waals surface area contributed by atoms with Crippen molar-refractivity contribution in [3.05, 3.63) is 114 Å². The lowest BCUT2D eigenvalue weighted by atomic mass is 9.99. The maximum atomic E-state index is 13.4. The van der Waals surface area contributed by atoms with Crippen LogP contribution in [0.1, 0.15) is 11.1 Å². The first-order valence-electron chi connectivity index (χ1n) is 10.9. The molecule has 0 spiro atoms. The number of nitrogens with one attached hydrogen (secondary N) is 1. The summed E-state index contributed by atoms with van der Waals surface area (Å²) in [6.45, 7) is 0.190. The third-order valence-corrected chi connectivity index (χ3v) is 5.93. The number of carbonyl (C=O) groups is 2. The Labute approximate surface area is 206 Å². The van der Waals surface area contributed by atoms with E-state index < -0.39 is 11.8 Å². The Bertz CT molecular complexity index is 1480. The normalized spacial score (nSPS) is 14.9. The first-order valence-corrected chi connectivity index (χ1v) is 11.3. The van der Waals surface area contributed by atoms with E-state index >= 15 is 0 Å². The van der Waals surface area contributed by atoms with Crippen molar-refractivity contribution >= 4 is 51.7 Å². The fourth-order valence-electron chi connectivity index (χ4n) is 3.91. The van der Waals surface area contributed by atoms with Gasteiger partial charge in [0.05, 0.1) is 5.69 Å². The topological polar surface area (TPSA) is 58.6 Å². The van der Waals surface area contributed by atoms with Gasteiger partial charge in [0.25, 0.3) is 11.8 Å². The minimum absolute atomic E-state index is 0.0223. The zero-order valence-electron chi connectivity index (χ0n) is 18.4. The average molecular weight is 483 g/mol. The average Bonchev–Trinajstić information content (AvgIpc) is 2.87. The number of nitrogens with zero attached hydrogens (tertiary/aromatic N) is 1. The van der Waals surface area contributed by atoms with Gasteiger partial charge in [-0.05, 0) is 65.0 Å².